The van der Waals surface area contributed by atoms with Gasteiger partial charge in [-0.1, -0.05) is 31.9 Å². The van der Waals surface area contributed by atoms with E-state index >= 15 is 0 Å². The molecule has 0 unspecified atom stereocenters. The van der Waals surface area contributed by atoms with E-state index in [1.165, 1.54) is 0 Å². The van der Waals surface area contributed by atoms with Crippen LogP contribution in [0.2, 0.25) is 0 Å². The van der Waals surface area contributed by atoms with E-state index in [0.717, 1.165) is 69.6 Å². The van der Waals surface area contributed by atoms with Crippen molar-refractivity contribution in [3.8, 4) is 22.6 Å². The van der Waals surface area contributed by atoms with Gasteiger partial charge in [-0.25, -0.2) is 0 Å². The Morgan fingerprint density at radius 1 is 1.19 bits per heavy atom. The molecule has 0 aliphatic carbocycles. The van der Waals surface area contributed by atoms with Crippen molar-refractivity contribution >= 4 is 22.4 Å². The van der Waals surface area contributed by atoms with Gasteiger partial charge in [0.2, 0.25) is 5.91 Å². The minimum absolute atomic E-state index is 0.0842. The molecule has 0 aliphatic rings. The van der Waals surface area contributed by atoms with E-state index in [-0.39, 0.29) is 5.91 Å². The molecule has 0 saturated heterocycles. The van der Waals surface area contributed by atoms with E-state index in [0.29, 0.717) is 13.2 Å². The normalized spacial score (nSPS) is 11.6. The lowest BCUT2D eigenvalue weighted by Gasteiger charge is -2.15. The number of fused-ring (bicyclic) bond motifs is 1. The highest BCUT2D eigenvalue weighted by molar-refractivity contribution is 6.01. The van der Waals surface area contributed by atoms with Gasteiger partial charge in [0.1, 0.15) is 17.1 Å². The van der Waals surface area contributed by atoms with Gasteiger partial charge in [0.25, 0.3) is 0 Å². The molecule has 5 heteroatoms. The molecule has 2 aromatic carbocycles. The molecule has 3 aromatic rings. The third-order valence-corrected chi connectivity index (χ3v) is 5.57. The summed E-state index contributed by atoms with van der Waals surface area (Å²) >= 11 is 0. The summed E-state index contributed by atoms with van der Waals surface area (Å²) in [5.41, 5.74) is 5.43. The molecular formula is C27H33NO4. The first-order valence-corrected chi connectivity index (χ1v) is 11.3. The molecule has 0 bridgehead atoms. The van der Waals surface area contributed by atoms with Crippen LogP contribution in [0, 0.1) is 6.92 Å². The highest BCUT2D eigenvalue weighted by atomic mass is 16.5. The smallest absolute Gasteiger partial charge is 0.244 e. The van der Waals surface area contributed by atoms with Crippen LogP contribution in [-0.2, 0) is 4.79 Å². The number of benzene rings is 2. The Morgan fingerprint density at radius 3 is 2.72 bits per heavy atom. The molecule has 32 heavy (non-hydrogen) atoms. The van der Waals surface area contributed by atoms with Gasteiger partial charge in [0, 0.05) is 34.7 Å². The summed E-state index contributed by atoms with van der Waals surface area (Å²) in [4.78, 5) is 12.5. The van der Waals surface area contributed by atoms with Crippen LogP contribution in [-0.4, -0.2) is 26.2 Å². The van der Waals surface area contributed by atoms with Gasteiger partial charge in [-0.15, -0.1) is 0 Å². The molecule has 0 aliphatic heterocycles. The third kappa shape index (κ3) is 5.16. The molecule has 1 heterocycles. The van der Waals surface area contributed by atoms with E-state index in [2.05, 4.69) is 18.3 Å². The number of unbranched alkanes of at least 4 members (excludes halogenated alkanes) is 2. The fourth-order valence-electron chi connectivity index (χ4n) is 3.87. The molecule has 0 atom stereocenters. The van der Waals surface area contributed by atoms with Crippen LogP contribution in [0.25, 0.3) is 27.7 Å². The Hall–Kier alpha value is -3.21. The molecule has 0 spiro atoms. The Morgan fingerprint density at radius 2 is 2.00 bits per heavy atom. The minimum Gasteiger partial charge on any atom is -0.497 e. The second-order valence-corrected chi connectivity index (χ2v) is 7.89. The van der Waals surface area contributed by atoms with Crippen LogP contribution in [0.15, 0.2) is 47.1 Å². The predicted molar refractivity (Wildman–Crippen MR) is 130 cm³/mol. The van der Waals surface area contributed by atoms with Crippen LogP contribution in [0.3, 0.4) is 0 Å². The highest BCUT2D eigenvalue weighted by Gasteiger charge is 2.19. The SMILES string of the molecule is CCCCCNC(=O)/C=C(\C)c1cc2c(-c3cccc(OC)c3)coc2c(C)c1OCC. The fraction of sp³-hybridized carbons (Fsp3) is 0.370. The van der Waals surface area contributed by atoms with Crippen molar-refractivity contribution < 1.29 is 18.7 Å². The number of furan rings is 1. The van der Waals surface area contributed by atoms with Crippen LogP contribution >= 0.6 is 0 Å². The topological polar surface area (TPSA) is 60.7 Å². The summed E-state index contributed by atoms with van der Waals surface area (Å²) in [7, 11) is 1.66. The summed E-state index contributed by atoms with van der Waals surface area (Å²) in [5, 5.41) is 3.95. The molecule has 1 amide bonds. The van der Waals surface area contributed by atoms with Crippen molar-refractivity contribution in [2.24, 2.45) is 0 Å². The van der Waals surface area contributed by atoms with Crippen LogP contribution in [0.5, 0.6) is 11.5 Å². The third-order valence-electron chi connectivity index (χ3n) is 5.57. The number of amides is 1. The monoisotopic (exact) mass is 435 g/mol. The zero-order valence-electron chi connectivity index (χ0n) is 19.7. The maximum atomic E-state index is 12.5. The molecule has 170 valence electrons. The molecule has 3 rings (SSSR count). The number of aryl methyl sites for hydroxylation is 1. The fourth-order valence-corrected chi connectivity index (χ4v) is 3.87. The number of nitrogens with one attached hydrogen (secondary N) is 1. The first-order valence-electron chi connectivity index (χ1n) is 11.3. The van der Waals surface area contributed by atoms with Crippen molar-refractivity contribution in [1.29, 1.82) is 0 Å². The lowest BCUT2D eigenvalue weighted by atomic mass is 9.96. The largest absolute Gasteiger partial charge is 0.497 e. The van der Waals surface area contributed by atoms with Crippen LogP contribution in [0.4, 0.5) is 0 Å². The number of hydrogen-bond donors (Lipinski definition) is 1. The van der Waals surface area contributed by atoms with Gasteiger partial charge in [-0.3, -0.25) is 4.79 Å². The van der Waals surface area contributed by atoms with Crippen LogP contribution in [0.1, 0.15) is 51.2 Å². The van der Waals surface area contributed by atoms with E-state index in [4.69, 9.17) is 13.9 Å². The maximum Gasteiger partial charge on any atom is 0.244 e. The average molecular weight is 436 g/mol. The number of methoxy groups -OCH3 is 1. The molecule has 1 N–H and O–H groups in total. The van der Waals surface area contributed by atoms with E-state index in [9.17, 15) is 4.79 Å². The standard InChI is InChI=1S/C27H33NO4/c1-6-8-9-13-28-25(29)14-18(3)22-16-23-24(20-11-10-12-21(15-20)30-5)17-32-27(23)19(4)26(22)31-7-2/h10-12,14-17H,6-9,13H2,1-5H3,(H,28,29)/b18-14+. The van der Waals surface area contributed by atoms with Crippen molar-refractivity contribution in [3.63, 3.8) is 0 Å². The first-order chi connectivity index (χ1) is 15.5. The maximum absolute atomic E-state index is 12.5. The van der Waals surface area contributed by atoms with Crippen molar-refractivity contribution in [1.82, 2.24) is 5.32 Å². The quantitative estimate of drug-likeness (QED) is 0.291. The van der Waals surface area contributed by atoms with E-state index < -0.39 is 0 Å². The number of hydrogen-bond acceptors (Lipinski definition) is 4. The number of ether oxygens (including phenoxy) is 2. The Balaban J connectivity index is 2.05. The number of allylic oxidation sites excluding steroid dienone is 1. The van der Waals surface area contributed by atoms with E-state index in [1.54, 1.807) is 19.4 Å². The summed E-state index contributed by atoms with van der Waals surface area (Å²) in [5.74, 6) is 1.45. The van der Waals surface area contributed by atoms with Gasteiger partial charge in [0.15, 0.2) is 0 Å². The zero-order chi connectivity index (χ0) is 23.1. The molecule has 0 radical (unpaired) electrons. The summed E-state index contributed by atoms with van der Waals surface area (Å²) in [6, 6.07) is 9.96. The summed E-state index contributed by atoms with van der Waals surface area (Å²) < 4.78 is 17.3. The van der Waals surface area contributed by atoms with Gasteiger partial charge in [0.05, 0.1) is 20.0 Å². The Kier molecular flexibility index (Phi) is 7.98. The number of carbonyl (C=O) groups is 1. The summed E-state index contributed by atoms with van der Waals surface area (Å²) in [6.45, 7) is 9.26. The van der Waals surface area contributed by atoms with Gasteiger partial charge in [-0.2, -0.15) is 0 Å². The predicted octanol–water partition coefficient (Wildman–Crippen LogP) is 6.53. The minimum atomic E-state index is -0.0842. The average Bonchev–Trinajstić information content (AvgIpc) is 3.23. The number of carbonyl (C=O) groups excluding carboxylic acids is 1. The zero-order valence-corrected chi connectivity index (χ0v) is 19.7. The molecule has 1 aromatic heterocycles. The Bertz CT molecular complexity index is 1110. The van der Waals surface area contributed by atoms with Crippen molar-refractivity contribution in [3.05, 3.63) is 53.8 Å². The second kappa shape index (κ2) is 10.9. The van der Waals surface area contributed by atoms with Crippen LogP contribution < -0.4 is 14.8 Å². The lowest BCUT2D eigenvalue weighted by molar-refractivity contribution is -0.116. The van der Waals surface area contributed by atoms with E-state index in [1.807, 2.05) is 45.0 Å². The molecule has 0 saturated carbocycles. The Labute approximate surface area is 190 Å². The molecule has 5 nitrogen and oxygen atoms in total. The van der Waals surface area contributed by atoms with Gasteiger partial charge in [-0.05, 0) is 56.5 Å². The first kappa shape index (κ1) is 23.5. The molecule has 0 fully saturated rings. The molecular weight excluding hydrogens is 402 g/mol. The second-order valence-electron chi connectivity index (χ2n) is 7.89. The van der Waals surface area contributed by atoms with Crippen molar-refractivity contribution in [2.45, 2.75) is 47.0 Å². The van der Waals surface area contributed by atoms with Gasteiger partial charge >= 0.3 is 0 Å². The number of rotatable bonds is 10. The highest BCUT2D eigenvalue weighted by Crippen LogP contribution is 2.41. The van der Waals surface area contributed by atoms with Crippen molar-refractivity contribution in [2.75, 3.05) is 20.3 Å². The lowest BCUT2D eigenvalue weighted by Crippen LogP contribution is -2.22. The summed E-state index contributed by atoms with van der Waals surface area (Å²) in [6.07, 6.45) is 6.65. The van der Waals surface area contributed by atoms with Gasteiger partial charge < -0.3 is 19.2 Å².